The summed E-state index contributed by atoms with van der Waals surface area (Å²) in [4.78, 5) is 38.0. The first kappa shape index (κ1) is 64.3. The third-order valence-corrected chi connectivity index (χ3v) is 11.8. The lowest BCUT2D eigenvalue weighted by atomic mass is 10.1. The average molecular weight is 946 g/mol. The van der Waals surface area contributed by atoms with Crippen molar-refractivity contribution in [1.82, 2.24) is 0 Å². The second kappa shape index (κ2) is 55.9. The van der Waals surface area contributed by atoms with Crippen molar-refractivity contribution in [3.05, 3.63) is 97.2 Å². The van der Waals surface area contributed by atoms with Gasteiger partial charge in [0.25, 0.3) is 0 Å². The average Bonchev–Trinajstić information content (AvgIpc) is 3.34. The van der Waals surface area contributed by atoms with Gasteiger partial charge in [0.1, 0.15) is 13.2 Å². The van der Waals surface area contributed by atoms with Crippen LogP contribution in [0.3, 0.4) is 0 Å². The maximum absolute atomic E-state index is 12.8. The van der Waals surface area contributed by atoms with E-state index in [1.54, 1.807) is 0 Å². The van der Waals surface area contributed by atoms with E-state index >= 15 is 0 Å². The minimum absolute atomic E-state index is 0.0846. The summed E-state index contributed by atoms with van der Waals surface area (Å²) < 4.78 is 16.8. The zero-order chi connectivity index (χ0) is 49.3. The van der Waals surface area contributed by atoms with E-state index < -0.39 is 6.10 Å². The van der Waals surface area contributed by atoms with Gasteiger partial charge in [0.05, 0.1) is 0 Å². The number of ether oxygens (including phenoxy) is 3. The van der Waals surface area contributed by atoms with Gasteiger partial charge < -0.3 is 14.2 Å². The van der Waals surface area contributed by atoms with E-state index in [4.69, 9.17) is 14.2 Å². The minimum atomic E-state index is -0.786. The predicted molar refractivity (Wildman–Crippen MR) is 293 cm³/mol. The van der Waals surface area contributed by atoms with Gasteiger partial charge in [0, 0.05) is 19.3 Å². The monoisotopic (exact) mass is 945 g/mol. The van der Waals surface area contributed by atoms with Gasteiger partial charge in [-0.3, -0.25) is 14.4 Å². The predicted octanol–water partition coefficient (Wildman–Crippen LogP) is 18.9. The zero-order valence-electron chi connectivity index (χ0n) is 44.3. The molecule has 1 unspecified atom stereocenters. The summed E-state index contributed by atoms with van der Waals surface area (Å²) in [7, 11) is 0. The number of carbonyl (C=O) groups is 3. The molecule has 0 heterocycles. The van der Waals surface area contributed by atoms with E-state index in [9.17, 15) is 14.4 Å². The molecule has 6 nitrogen and oxygen atoms in total. The maximum atomic E-state index is 12.8. The summed E-state index contributed by atoms with van der Waals surface area (Å²) in [6.45, 7) is 6.45. The van der Waals surface area contributed by atoms with Gasteiger partial charge in [-0.15, -0.1) is 0 Å². The fourth-order valence-electron chi connectivity index (χ4n) is 7.58. The molecule has 0 amide bonds. The Morgan fingerprint density at radius 2 is 0.588 bits per heavy atom. The molecule has 0 aliphatic carbocycles. The highest BCUT2D eigenvalue weighted by molar-refractivity contribution is 5.71. The molecule has 0 spiro atoms. The van der Waals surface area contributed by atoms with Gasteiger partial charge in [-0.05, 0) is 96.3 Å². The van der Waals surface area contributed by atoms with Gasteiger partial charge in [-0.2, -0.15) is 0 Å². The van der Waals surface area contributed by atoms with E-state index in [-0.39, 0.29) is 31.1 Å². The van der Waals surface area contributed by atoms with Crippen molar-refractivity contribution in [3.63, 3.8) is 0 Å². The molecule has 0 N–H and O–H groups in total. The number of carbonyl (C=O) groups excluding carboxylic acids is 3. The fourth-order valence-corrected chi connectivity index (χ4v) is 7.58. The van der Waals surface area contributed by atoms with E-state index in [1.165, 1.54) is 89.9 Å². The second-order valence-electron chi connectivity index (χ2n) is 18.5. The first-order valence-electron chi connectivity index (χ1n) is 28.2. The van der Waals surface area contributed by atoms with E-state index in [1.807, 2.05) is 0 Å². The molecular formula is C62H104O6. The Morgan fingerprint density at radius 3 is 0.941 bits per heavy atom. The summed E-state index contributed by atoms with van der Waals surface area (Å²) in [5, 5.41) is 0. The molecule has 0 aliphatic heterocycles. The SMILES string of the molecule is CC/C=C\C/C=C\C/C=C\C/C=C\C/C=C\C/C=C\CCCCCCCCCCC(=O)OCC(COC(=O)CCCCCCCCCCC)OC(=O)CCCCCCC/C=C\C/C=C\CCCC. The minimum Gasteiger partial charge on any atom is -0.462 e. The van der Waals surface area contributed by atoms with Gasteiger partial charge in [0.2, 0.25) is 0 Å². The van der Waals surface area contributed by atoms with Crippen LogP contribution in [0.1, 0.15) is 258 Å². The van der Waals surface area contributed by atoms with Crippen LogP contribution in [0, 0.1) is 0 Å². The highest BCUT2D eigenvalue weighted by Crippen LogP contribution is 2.14. The van der Waals surface area contributed by atoms with Gasteiger partial charge in [0.15, 0.2) is 6.10 Å². The van der Waals surface area contributed by atoms with Crippen LogP contribution in [-0.2, 0) is 28.6 Å². The Balaban J connectivity index is 4.25. The Labute approximate surface area is 419 Å². The second-order valence-corrected chi connectivity index (χ2v) is 18.5. The highest BCUT2D eigenvalue weighted by atomic mass is 16.6. The fraction of sp³-hybridized carbons (Fsp3) is 0.694. The van der Waals surface area contributed by atoms with E-state index in [2.05, 4.69) is 118 Å². The number of allylic oxidation sites excluding steroid dienone is 16. The van der Waals surface area contributed by atoms with Crippen LogP contribution >= 0.6 is 0 Å². The molecule has 68 heavy (non-hydrogen) atoms. The van der Waals surface area contributed by atoms with Crippen LogP contribution in [-0.4, -0.2) is 37.2 Å². The summed E-state index contributed by atoms with van der Waals surface area (Å²) >= 11 is 0. The largest absolute Gasteiger partial charge is 0.462 e. The Morgan fingerprint density at radius 1 is 0.309 bits per heavy atom. The smallest absolute Gasteiger partial charge is 0.306 e. The van der Waals surface area contributed by atoms with Crippen LogP contribution < -0.4 is 0 Å². The highest BCUT2D eigenvalue weighted by Gasteiger charge is 2.19. The number of rotatable bonds is 50. The van der Waals surface area contributed by atoms with Crippen molar-refractivity contribution in [2.24, 2.45) is 0 Å². The van der Waals surface area contributed by atoms with Gasteiger partial charge in [-0.25, -0.2) is 0 Å². The molecule has 0 fully saturated rings. The standard InChI is InChI=1S/C62H104O6/c1-4-7-10-13-16-19-21-23-25-26-27-28-29-30-31-32-33-34-35-36-37-39-40-43-46-49-52-55-61(64)67-58-59(57-66-60(63)54-51-48-45-42-18-15-12-9-6-3)68-62(65)56-53-50-47-44-41-38-24-22-20-17-14-11-8-5-2/h7,10,14,16-17,19,22-25,27-28,30-31,33-34,59H,4-6,8-9,11-13,15,18,20-21,26,29,32,35-58H2,1-3H3/b10-7-,17-14-,19-16-,24-22-,25-23-,28-27-,31-30-,34-33-. The molecule has 388 valence electrons. The summed E-state index contributed by atoms with van der Waals surface area (Å²) in [5.41, 5.74) is 0. The van der Waals surface area contributed by atoms with Crippen LogP contribution in [0.4, 0.5) is 0 Å². The molecule has 1 atom stereocenters. The third kappa shape index (κ3) is 53.3. The molecule has 6 heteroatoms. The van der Waals surface area contributed by atoms with Crippen LogP contribution in [0.25, 0.3) is 0 Å². The maximum Gasteiger partial charge on any atom is 0.306 e. The molecule has 0 aromatic heterocycles. The lowest BCUT2D eigenvalue weighted by Crippen LogP contribution is -2.30. The van der Waals surface area contributed by atoms with Crippen molar-refractivity contribution >= 4 is 17.9 Å². The lowest BCUT2D eigenvalue weighted by molar-refractivity contribution is -0.167. The molecule has 0 aliphatic rings. The molecule has 0 radical (unpaired) electrons. The van der Waals surface area contributed by atoms with Gasteiger partial charge >= 0.3 is 17.9 Å². The molecule has 0 saturated heterocycles. The number of hydrogen-bond donors (Lipinski definition) is 0. The molecule has 0 rings (SSSR count). The Kier molecular flexibility index (Phi) is 52.9. The Bertz CT molecular complexity index is 1360. The topological polar surface area (TPSA) is 78.9 Å². The molecule has 0 aromatic carbocycles. The van der Waals surface area contributed by atoms with Crippen molar-refractivity contribution in [1.29, 1.82) is 0 Å². The number of hydrogen-bond acceptors (Lipinski definition) is 6. The first-order chi connectivity index (χ1) is 33.5. The third-order valence-electron chi connectivity index (χ3n) is 11.8. The lowest BCUT2D eigenvalue weighted by Gasteiger charge is -2.18. The zero-order valence-corrected chi connectivity index (χ0v) is 44.3. The molecule has 0 aromatic rings. The molecule has 0 saturated carbocycles. The van der Waals surface area contributed by atoms with Crippen molar-refractivity contribution in [3.8, 4) is 0 Å². The van der Waals surface area contributed by atoms with Gasteiger partial charge in [-0.1, -0.05) is 240 Å². The van der Waals surface area contributed by atoms with E-state index in [0.717, 1.165) is 128 Å². The van der Waals surface area contributed by atoms with Crippen LogP contribution in [0.2, 0.25) is 0 Å². The van der Waals surface area contributed by atoms with E-state index in [0.29, 0.717) is 19.3 Å². The van der Waals surface area contributed by atoms with Crippen LogP contribution in [0.5, 0.6) is 0 Å². The summed E-state index contributed by atoms with van der Waals surface area (Å²) in [6.07, 6.45) is 74.0. The van der Waals surface area contributed by atoms with Crippen molar-refractivity contribution < 1.29 is 28.6 Å². The van der Waals surface area contributed by atoms with Crippen molar-refractivity contribution in [2.45, 2.75) is 264 Å². The van der Waals surface area contributed by atoms with Crippen LogP contribution in [0.15, 0.2) is 97.2 Å². The first-order valence-corrected chi connectivity index (χ1v) is 28.2. The number of unbranched alkanes of at least 4 members (excludes halogenated alkanes) is 23. The summed E-state index contributed by atoms with van der Waals surface area (Å²) in [5.74, 6) is -0.909. The van der Waals surface area contributed by atoms with Crippen molar-refractivity contribution in [2.75, 3.05) is 13.2 Å². The quantitative estimate of drug-likeness (QED) is 0.0262. The normalized spacial score (nSPS) is 12.8. The number of esters is 3. The molecular weight excluding hydrogens is 841 g/mol. The molecule has 0 bridgehead atoms. The Hall–Kier alpha value is -3.67. The summed E-state index contributed by atoms with van der Waals surface area (Å²) in [6, 6.07) is 0.